The molecule has 21 heavy (non-hydrogen) atoms. The van der Waals surface area contributed by atoms with Gasteiger partial charge in [0.15, 0.2) is 11.5 Å². The fourth-order valence-corrected chi connectivity index (χ4v) is 3.28. The standard InChI is InChI=1S/C13H15N7S/c1-9-8-19(12-11(7-14)15-3-4-16-12)5-6-20(9)13-17-10(2)18-21-13/h3-4,9H,5-6,8H2,1-2H3. The van der Waals surface area contributed by atoms with E-state index in [4.69, 9.17) is 5.26 Å². The summed E-state index contributed by atoms with van der Waals surface area (Å²) in [5.41, 5.74) is 0.380. The maximum Gasteiger partial charge on any atom is 0.205 e. The van der Waals surface area contributed by atoms with E-state index < -0.39 is 0 Å². The van der Waals surface area contributed by atoms with Crippen molar-refractivity contribution in [2.75, 3.05) is 29.4 Å². The van der Waals surface area contributed by atoms with Gasteiger partial charge in [-0.25, -0.2) is 15.0 Å². The second kappa shape index (κ2) is 5.61. The molecule has 0 radical (unpaired) electrons. The van der Waals surface area contributed by atoms with Crippen LogP contribution in [0.5, 0.6) is 0 Å². The molecular weight excluding hydrogens is 286 g/mol. The van der Waals surface area contributed by atoms with Gasteiger partial charge in [-0.3, -0.25) is 0 Å². The number of nitriles is 1. The highest BCUT2D eigenvalue weighted by molar-refractivity contribution is 7.09. The minimum absolute atomic E-state index is 0.277. The molecule has 3 heterocycles. The summed E-state index contributed by atoms with van der Waals surface area (Å²) >= 11 is 1.43. The Balaban J connectivity index is 1.78. The Kier molecular flexibility index (Phi) is 3.66. The molecule has 0 aliphatic carbocycles. The minimum Gasteiger partial charge on any atom is -0.350 e. The third kappa shape index (κ3) is 2.64. The van der Waals surface area contributed by atoms with E-state index >= 15 is 0 Å². The van der Waals surface area contributed by atoms with Crippen molar-refractivity contribution in [1.82, 2.24) is 19.3 Å². The maximum atomic E-state index is 9.14. The lowest BCUT2D eigenvalue weighted by Crippen LogP contribution is -2.52. The number of aryl methyl sites for hydroxylation is 1. The molecule has 1 saturated heterocycles. The molecule has 0 bridgehead atoms. The first-order chi connectivity index (χ1) is 10.2. The van der Waals surface area contributed by atoms with Crippen molar-refractivity contribution in [1.29, 1.82) is 5.26 Å². The summed E-state index contributed by atoms with van der Waals surface area (Å²) in [5, 5.41) is 10.1. The molecule has 1 aliphatic rings. The number of hydrogen-bond donors (Lipinski definition) is 0. The lowest BCUT2D eigenvalue weighted by Gasteiger charge is -2.40. The average molecular weight is 301 g/mol. The summed E-state index contributed by atoms with van der Waals surface area (Å²) in [4.78, 5) is 17.2. The van der Waals surface area contributed by atoms with Crippen molar-refractivity contribution in [2.45, 2.75) is 19.9 Å². The van der Waals surface area contributed by atoms with Gasteiger partial charge < -0.3 is 9.80 Å². The number of piperazine rings is 1. The number of rotatable bonds is 2. The minimum atomic E-state index is 0.277. The van der Waals surface area contributed by atoms with Crippen LogP contribution in [-0.2, 0) is 0 Å². The summed E-state index contributed by atoms with van der Waals surface area (Å²) in [6.45, 7) is 6.45. The zero-order valence-corrected chi connectivity index (χ0v) is 12.7. The summed E-state index contributed by atoms with van der Waals surface area (Å²) in [6.07, 6.45) is 3.17. The average Bonchev–Trinajstić information content (AvgIpc) is 2.93. The van der Waals surface area contributed by atoms with E-state index in [1.165, 1.54) is 11.5 Å². The smallest absolute Gasteiger partial charge is 0.205 e. The second-order valence-electron chi connectivity index (χ2n) is 4.95. The van der Waals surface area contributed by atoms with E-state index in [-0.39, 0.29) is 6.04 Å². The van der Waals surface area contributed by atoms with Crippen molar-refractivity contribution in [3.8, 4) is 6.07 Å². The Labute approximate surface area is 127 Å². The monoisotopic (exact) mass is 301 g/mol. The van der Waals surface area contributed by atoms with Crippen LogP contribution in [0.15, 0.2) is 12.4 Å². The van der Waals surface area contributed by atoms with Gasteiger partial charge in [0, 0.05) is 49.6 Å². The second-order valence-corrected chi connectivity index (χ2v) is 5.68. The van der Waals surface area contributed by atoms with Crippen molar-refractivity contribution in [3.63, 3.8) is 0 Å². The number of nitrogens with zero attached hydrogens (tertiary/aromatic N) is 7. The first kappa shape index (κ1) is 13.7. The molecule has 7 nitrogen and oxygen atoms in total. The largest absolute Gasteiger partial charge is 0.350 e. The Morgan fingerprint density at radius 1 is 1.33 bits per heavy atom. The van der Waals surface area contributed by atoms with Crippen LogP contribution in [0.2, 0.25) is 0 Å². The molecule has 8 heteroatoms. The van der Waals surface area contributed by atoms with Gasteiger partial charge in [0.1, 0.15) is 11.9 Å². The summed E-state index contributed by atoms with van der Waals surface area (Å²) in [6, 6.07) is 2.38. The Hall–Kier alpha value is -2.27. The molecule has 1 fully saturated rings. The zero-order valence-electron chi connectivity index (χ0n) is 11.9. The van der Waals surface area contributed by atoms with E-state index in [0.717, 1.165) is 30.6 Å². The Morgan fingerprint density at radius 3 is 2.81 bits per heavy atom. The number of anilines is 2. The molecular formula is C13H15N7S. The van der Waals surface area contributed by atoms with Gasteiger partial charge >= 0.3 is 0 Å². The summed E-state index contributed by atoms with van der Waals surface area (Å²) in [7, 11) is 0. The van der Waals surface area contributed by atoms with Gasteiger partial charge in [0.25, 0.3) is 0 Å². The van der Waals surface area contributed by atoms with Gasteiger partial charge in [-0.05, 0) is 13.8 Å². The quantitative estimate of drug-likeness (QED) is 0.825. The van der Waals surface area contributed by atoms with Crippen LogP contribution in [0.1, 0.15) is 18.4 Å². The molecule has 0 spiro atoms. The normalized spacial score (nSPS) is 18.6. The highest BCUT2D eigenvalue weighted by Gasteiger charge is 2.28. The van der Waals surface area contributed by atoms with Gasteiger partial charge in [-0.2, -0.15) is 9.64 Å². The van der Waals surface area contributed by atoms with Crippen LogP contribution < -0.4 is 9.80 Å². The van der Waals surface area contributed by atoms with Crippen LogP contribution in [0.25, 0.3) is 0 Å². The van der Waals surface area contributed by atoms with Crippen molar-refractivity contribution < 1.29 is 0 Å². The van der Waals surface area contributed by atoms with E-state index in [2.05, 4.69) is 42.1 Å². The van der Waals surface area contributed by atoms with Gasteiger partial charge in [-0.15, -0.1) is 0 Å². The van der Waals surface area contributed by atoms with Gasteiger partial charge in [-0.1, -0.05) is 0 Å². The van der Waals surface area contributed by atoms with E-state index in [1.807, 2.05) is 6.92 Å². The fourth-order valence-electron chi connectivity index (χ4n) is 2.48. The molecule has 2 aromatic heterocycles. The van der Waals surface area contributed by atoms with Crippen LogP contribution >= 0.6 is 11.5 Å². The SMILES string of the molecule is Cc1nsc(N2CCN(c3nccnc3C#N)CC2C)n1. The fraction of sp³-hybridized carbons (Fsp3) is 0.462. The highest BCUT2D eigenvalue weighted by Crippen LogP contribution is 2.25. The lowest BCUT2D eigenvalue weighted by molar-refractivity contribution is 0.545. The number of hydrogen-bond acceptors (Lipinski definition) is 8. The van der Waals surface area contributed by atoms with Crippen molar-refractivity contribution >= 4 is 22.5 Å². The summed E-state index contributed by atoms with van der Waals surface area (Å²) in [5.74, 6) is 1.48. The third-order valence-corrected chi connectivity index (χ3v) is 4.32. The molecule has 3 rings (SSSR count). The van der Waals surface area contributed by atoms with Gasteiger partial charge in [0.2, 0.25) is 5.13 Å². The molecule has 1 atom stereocenters. The van der Waals surface area contributed by atoms with E-state index in [0.29, 0.717) is 11.5 Å². The molecule has 0 aromatic carbocycles. The van der Waals surface area contributed by atoms with Crippen LogP contribution in [0, 0.1) is 18.3 Å². The molecule has 1 aliphatic heterocycles. The lowest BCUT2D eigenvalue weighted by atomic mass is 10.2. The first-order valence-electron chi connectivity index (χ1n) is 6.72. The molecule has 108 valence electrons. The first-order valence-corrected chi connectivity index (χ1v) is 7.49. The topological polar surface area (TPSA) is 81.8 Å². The Bertz CT molecular complexity index is 677. The zero-order chi connectivity index (χ0) is 14.8. The molecule has 0 N–H and O–H groups in total. The molecule has 0 amide bonds. The molecule has 0 saturated carbocycles. The maximum absolute atomic E-state index is 9.14. The molecule has 1 unspecified atom stereocenters. The third-order valence-electron chi connectivity index (χ3n) is 3.47. The van der Waals surface area contributed by atoms with Crippen LogP contribution in [0.4, 0.5) is 10.9 Å². The van der Waals surface area contributed by atoms with Crippen LogP contribution in [0.3, 0.4) is 0 Å². The van der Waals surface area contributed by atoms with E-state index in [9.17, 15) is 0 Å². The predicted octanol–water partition coefficient (Wildman–Crippen LogP) is 1.22. The summed E-state index contributed by atoms with van der Waals surface area (Å²) < 4.78 is 4.24. The van der Waals surface area contributed by atoms with Gasteiger partial charge in [0.05, 0.1) is 0 Å². The molecule has 2 aromatic rings. The van der Waals surface area contributed by atoms with Crippen LogP contribution in [-0.4, -0.2) is 45.0 Å². The highest BCUT2D eigenvalue weighted by atomic mass is 32.1. The van der Waals surface area contributed by atoms with E-state index in [1.54, 1.807) is 12.4 Å². The van der Waals surface area contributed by atoms with Crippen molar-refractivity contribution in [3.05, 3.63) is 23.9 Å². The Morgan fingerprint density at radius 2 is 2.14 bits per heavy atom. The predicted molar refractivity (Wildman–Crippen MR) is 80.4 cm³/mol. The number of aromatic nitrogens is 4. The van der Waals surface area contributed by atoms with Crippen molar-refractivity contribution in [2.24, 2.45) is 0 Å².